The van der Waals surface area contributed by atoms with Crippen molar-refractivity contribution in [2.24, 2.45) is 0 Å². The second-order valence-corrected chi connectivity index (χ2v) is 4.86. The number of anilines is 1. The molecule has 0 atom stereocenters. The molecule has 3 nitrogen and oxygen atoms in total. The number of nitrogens with one attached hydrogen (secondary N) is 1. The number of carbonyl (C=O) groups excluding carboxylic acids is 1. The van der Waals surface area contributed by atoms with Gasteiger partial charge in [-0.25, -0.2) is 4.39 Å². The van der Waals surface area contributed by atoms with Crippen LogP contribution in [0.25, 0.3) is 0 Å². The number of halogens is 1. The molecule has 0 saturated heterocycles. The molecular formula is C17H18FNO2. The monoisotopic (exact) mass is 287 g/mol. The predicted molar refractivity (Wildman–Crippen MR) is 81.1 cm³/mol. The molecule has 110 valence electrons. The lowest BCUT2D eigenvalue weighted by Gasteiger charge is -2.08. The number of methoxy groups -OCH3 is 1. The summed E-state index contributed by atoms with van der Waals surface area (Å²) in [7, 11) is 1.62. The zero-order valence-electron chi connectivity index (χ0n) is 12.2. The van der Waals surface area contributed by atoms with Gasteiger partial charge in [-0.05, 0) is 54.8 Å². The van der Waals surface area contributed by atoms with Gasteiger partial charge in [0.05, 0.1) is 7.11 Å². The Kier molecular flexibility index (Phi) is 4.93. The third-order valence-electron chi connectivity index (χ3n) is 3.26. The van der Waals surface area contributed by atoms with Crippen LogP contribution in [0, 0.1) is 12.7 Å². The predicted octanol–water partition coefficient (Wildman–Crippen LogP) is 3.71. The van der Waals surface area contributed by atoms with Gasteiger partial charge in [-0.1, -0.05) is 12.1 Å². The molecule has 0 aromatic heterocycles. The summed E-state index contributed by atoms with van der Waals surface area (Å²) in [4.78, 5) is 11.9. The average Bonchev–Trinajstić information content (AvgIpc) is 2.48. The Labute approximate surface area is 123 Å². The molecule has 0 saturated carbocycles. The van der Waals surface area contributed by atoms with Crippen molar-refractivity contribution in [3.8, 4) is 5.75 Å². The molecule has 0 bridgehead atoms. The molecule has 2 rings (SSSR count). The van der Waals surface area contributed by atoms with Gasteiger partial charge in [-0.2, -0.15) is 0 Å². The molecule has 0 heterocycles. The summed E-state index contributed by atoms with van der Waals surface area (Å²) in [5, 5.41) is 2.80. The summed E-state index contributed by atoms with van der Waals surface area (Å²) in [6, 6.07) is 11.9. The minimum Gasteiger partial charge on any atom is -0.497 e. The summed E-state index contributed by atoms with van der Waals surface area (Å²) in [6.07, 6.45) is 1.03. The van der Waals surface area contributed by atoms with Crippen LogP contribution in [-0.2, 0) is 11.2 Å². The molecule has 21 heavy (non-hydrogen) atoms. The Hall–Kier alpha value is -2.36. The summed E-state index contributed by atoms with van der Waals surface area (Å²) in [5.74, 6) is 0.411. The van der Waals surface area contributed by atoms with E-state index in [0.29, 0.717) is 24.1 Å². The van der Waals surface area contributed by atoms with E-state index >= 15 is 0 Å². The zero-order valence-corrected chi connectivity index (χ0v) is 12.2. The molecule has 0 fully saturated rings. The van der Waals surface area contributed by atoms with E-state index in [9.17, 15) is 9.18 Å². The van der Waals surface area contributed by atoms with Crippen molar-refractivity contribution in [2.75, 3.05) is 12.4 Å². The molecule has 1 N–H and O–H groups in total. The summed E-state index contributed by atoms with van der Waals surface area (Å²) in [5.41, 5.74) is 2.44. The topological polar surface area (TPSA) is 38.3 Å². The number of aryl methyl sites for hydroxylation is 2. The quantitative estimate of drug-likeness (QED) is 0.910. The number of hydrogen-bond donors (Lipinski definition) is 1. The van der Waals surface area contributed by atoms with Crippen molar-refractivity contribution in [1.82, 2.24) is 0 Å². The van der Waals surface area contributed by atoms with Gasteiger partial charge in [0.15, 0.2) is 0 Å². The molecule has 1 amide bonds. The number of ether oxygens (including phenoxy) is 1. The number of carbonyl (C=O) groups is 1. The van der Waals surface area contributed by atoms with Crippen LogP contribution in [0.1, 0.15) is 17.5 Å². The fourth-order valence-corrected chi connectivity index (χ4v) is 2.03. The maximum Gasteiger partial charge on any atom is 0.224 e. The van der Waals surface area contributed by atoms with Gasteiger partial charge in [0.1, 0.15) is 11.6 Å². The van der Waals surface area contributed by atoms with E-state index in [4.69, 9.17) is 4.74 Å². The van der Waals surface area contributed by atoms with E-state index in [1.807, 2.05) is 24.3 Å². The number of hydrogen-bond acceptors (Lipinski definition) is 2. The molecule has 0 aliphatic heterocycles. The summed E-state index contributed by atoms with van der Waals surface area (Å²) >= 11 is 0. The molecule has 0 aliphatic carbocycles. The van der Waals surface area contributed by atoms with Crippen LogP contribution in [0.15, 0.2) is 42.5 Å². The average molecular weight is 287 g/mol. The van der Waals surface area contributed by atoms with Gasteiger partial charge in [0, 0.05) is 12.1 Å². The molecule has 2 aromatic rings. The second kappa shape index (κ2) is 6.88. The fourth-order valence-electron chi connectivity index (χ4n) is 2.03. The fraction of sp³-hybridized carbons (Fsp3) is 0.235. The van der Waals surface area contributed by atoms with E-state index in [-0.39, 0.29) is 11.7 Å². The third kappa shape index (κ3) is 4.31. The van der Waals surface area contributed by atoms with Crippen LogP contribution in [0.3, 0.4) is 0 Å². The van der Waals surface area contributed by atoms with Gasteiger partial charge >= 0.3 is 0 Å². The highest BCUT2D eigenvalue weighted by Gasteiger charge is 2.06. The standard InChI is InChI=1S/C17H18FNO2/c1-12-11-14(18)6-9-16(12)19-17(20)10-5-13-3-7-15(21-2)8-4-13/h3-4,6-9,11H,5,10H2,1-2H3,(H,19,20). The molecule has 0 radical (unpaired) electrons. The molecule has 4 heteroatoms. The molecule has 0 spiro atoms. The van der Waals surface area contributed by atoms with Gasteiger partial charge in [0.2, 0.25) is 5.91 Å². The van der Waals surface area contributed by atoms with Crippen LogP contribution in [0.2, 0.25) is 0 Å². The lowest BCUT2D eigenvalue weighted by atomic mass is 10.1. The first-order valence-corrected chi connectivity index (χ1v) is 6.77. The van der Waals surface area contributed by atoms with E-state index in [0.717, 1.165) is 11.3 Å². The highest BCUT2D eigenvalue weighted by Crippen LogP contribution is 2.17. The van der Waals surface area contributed by atoms with Crippen LogP contribution >= 0.6 is 0 Å². The van der Waals surface area contributed by atoms with Crippen molar-refractivity contribution >= 4 is 11.6 Å². The maximum absolute atomic E-state index is 13.0. The Balaban J connectivity index is 1.89. The van der Waals surface area contributed by atoms with Crippen LogP contribution in [-0.4, -0.2) is 13.0 Å². The Morgan fingerprint density at radius 2 is 1.90 bits per heavy atom. The SMILES string of the molecule is COc1ccc(CCC(=O)Nc2ccc(F)cc2C)cc1. The first-order valence-electron chi connectivity index (χ1n) is 6.77. The summed E-state index contributed by atoms with van der Waals surface area (Å²) < 4.78 is 18.1. The Morgan fingerprint density at radius 1 is 1.19 bits per heavy atom. The number of rotatable bonds is 5. The lowest BCUT2D eigenvalue weighted by Crippen LogP contribution is -2.13. The van der Waals surface area contributed by atoms with Crippen LogP contribution < -0.4 is 10.1 Å². The van der Waals surface area contributed by atoms with Gasteiger partial charge in [-0.3, -0.25) is 4.79 Å². The Morgan fingerprint density at radius 3 is 2.52 bits per heavy atom. The highest BCUT2D eigenvalue weighted by molar-refractivity contribution is 5.91. The number of benzene rings is 2. The van der Waals surface area contributed by atoms with E-state index in [2.05, 4.69) is 5.32 Å². The van der Waals surface area contributed by atoms with Gasteiger partial charge in [-0.15, -0.1) is 0 Å². The second-order valence-electron chi connectivity index (χ2n) is 4.86. The van der Waals surface area contributed by atoms with E-state index in [1.165, 1.54) is 12.1 Å². The minimum atomic E-state index is -0.302. The minimum absolute atomic E-state index is 0.0828. The highest BCUT2D eigenvalue weighted by atomic mass is 19.1. The van der Waals surface area contributed by atoms with Crippen LogP contribution in [0.5, 0.6) is 5.75 Å². The van der Waals surface area contributed by atoms with Crippen LogP contribution in [0.4, 0.5) is 10.1 Å². The van der Waals surface area contributed by atoms with Crippen molar-refractivity contribution in [2.45, 2.75) is 19.8 Å². The van der Waals surface area contributed by atoms with Crippen molar-refractivity contribution in [3.63, 3.8) is 0 Å². The largest absolute Gasteiger partial charge is 0.497 e. The zero-order chi connectivity index (χ0) is 15.2. The lowest BCUT2D eigenvalue weighted by molar-refractivity contribution is -0.116. The molecule has 0 unspecified atom stereocenters. The normalized spacial score (nSPS) is 10.2. The van der Waals surface area contributed by atoms with Gasteiger partial charge < -0.3 is 10.1 Å². The van der Waals surface area contributed by atoms with Gasteiger partial charge in [0.25, 0.3) is 0 Å². The van der Waals surface area contributed by atoms with E-state index < -0.39 is 0 Å². The number of amides is 1. The Bertz CT molecular complexity index is 623. The molecule has 0 aliphatic rings. The first kappa shape index (κ1) is 15.0. The first-order chi connectivity index (χ1) is 10.1. The van der Waals surface area contributed by atoms with E-state index in [1.54, 1.807) is 20.1 Å². The smallest absolute Gasteiger partial charge is 0.224 e. The maximum atomic E-state index is 13.0. The van der Waals surface area contributed by atoms with Crippen molar-refractivity contribution in [3.05, 3.63) is 59.4 Å². The summed E-state index contributed by atoms with van der Waals surface area (Å²) in [6.45, 7) is 1.77. The van der Waals surface area contributed by atoms with Crippen molar-refractivity contribution < 1.29 is 13.9 Å². The van der Waals surface area contributed by atoms with Crippen molar-refractivity contribution in [1.29, 1.82) is 0 Å². The molecule has 2 aromatic carbocycles. The molecular weight excluding hydrogens is 269 g/mol. The third-order valence-corrected chi connectivity index (χ3v) is 3.26.